The maximum absolute atomic E-state index is 12.6. The fourth-order valence-corrected chi connectivity index (χ4v) is 4.39. The molecule has 2 aliphatic rings. The molecule has 0 bridgehead atoms. The van der Waals surface area contributed by atoms with Gasteiger partial charge >= 0.3 is 24.2 Å². The molecule has 0 spiro atoms. The van der Waals surface area contributed by atoms with Crippen molar-refractivity contribution in [3.63, 3.8) is 0 Å². The molecule has 4 rings (SSSR count). The first-order valence-corrected chi connectivity index (χ1v) is 12.8. The molecule has 11 heteroatoms. The summed E-state index contributed by atoms with van der Waals surface area (Å²) in [6.45, 7) is -0.336. The summed E-state index contributed by atoms with van der Waals surface area (Å²) in [5, 5.41) is 2.67. The van der Waals surface area contributed by atoms with Crippen molar-refractivity contribution in [1.29, 1.82) is 0 Å². The van der Waals surface area contributed by atoms with Crippen molar-refractivity contribution in [2.45, 2.75) is 50.1 Å². The average molecular weight is 615 g/mol. The van der Waals surface area contributed by atoms with Crippen LogP contribution >= 0.6 is 15.9 Å². The van der Waals surface area contributed by atoms with Crippen LogP contribution in [0.3, 0.4) is 0 Å². The van der Waals surface area contributed by atoms with E-state index in [2.05, 4.69) is 27.8 Å². The standard InChI is InChI=1S/C14H12F3NO.C11H10F3NO.C3H3Br/c1-2-9-18(13(19)14(15,16)17)12-8-7-10-5-3-4-6-11(10)12;12-11(13,14)10(16)15-9-6-5-7-3-1-2-4-8(7)9;1-2-3-4/h1,3-6,12H,7-9H2;1-4,9H,5-6H2,(H,15,16);1H,3H2/t12-;9-;/m11./s1. The summed E-state index contributed by atoms with van der Waals surface area (Å²) in [6.07, 6.45) is 2.49. The normalized spacial score (nSPS) is 17.1. The van der Waals surface area contributed by atoms with E-state index in [0.29, 0.717) is 31.0 Å². The highest BCUT2D eigenvalue weighted by Gasteiger charge is 2.45. The van der Waals surface area contributed by atoms with Crippen LogP contribution in [0.4, 0.5) is 26.3 Å². The second-order valence-corrected chi connectivity index (χ2v) is 9.05. The summed E-state index contributed by atoms with van der Waals surface area (Å²) >= 11 is 3.01. The first-order valence-electron chi connectivity index (χ1n) is 11.7. The molecule has 39 heavy (non-hydrogen) atoms. The van der Waals surface area contributed by atoms with Crippen LogP contribution in [0.2, 0.25) is 0 Å². The number of benzene rings is 2. The van der Waals surface area contributed by atoms with Gasteiger partial charge in [-0.25, -0.2) is 0 Å². The minimum Gasteiger partial charge on any atom is -0.341 e. The van der Waals surface area contributed by atoms with Crippen molar-refractivity contribution in [1.82, 2.24) is 10.2 Å². The van der Waals surface area contributed by atoms with E-state index in [0.717, 1.165) is 27.2 Å². The SMILES string of the molecule is C#CCBr.C#CCN(C(=O)C(F)(F)F)[C@@H]1CCc2ccccc21.O=C(N[C@@H]1CCc2ccccc21)C(F)(F)F. The Morgan fingerprint density at radius 3 is 1.90 bits per heavy atom. The summed E-state index contributed by atoms with van der Waals surface area (Å²) in [6, 6.07) is 13.3. The molecule has 2 aliphatic carbocycles. The van der Waals surface area contributed by atoms with Crippen molar-refractivity contribution >= 4 is 27.7 Å². The number of carbonyl (C=O) groups excluding carboxylic acids is 2. The van der Waals surface area contributed by atoms with E-state index in [1.807, 2.05) is 29.6 Å². The van der Waals surface area contributed by atoms with Gasteiger partial charge in [-0.1, -0.05) is 76.3 Å². The molecule has 0 fully saturated rings. The molecular formula is C28H25BrF6N2O2. The topological polar surface area (TPSA) is 49.4 Å². The van der Waals surface area contributed by atoms with Gasteiger partial charge in [0, 0.05) is 0 Å². The number of hydrogen-bond acceptors (Lipinski definition) is 2. The second-order valence-electron chi connectivity index (χ2n) is 8.49. The monoisotopic (exact) mass is 614 g/mol. The number of nitrogens with zero attached hydrogens (tertiary/aromatic N) is 1. The van der Waals surface area contributed by atoms with Gasteiger partial charge in [-0.3, -0.25) is 9.59 Å². The third-order valence-corrected chi connectivity index (χ3v) is 6.34. The molecule has 208 valence electrons. The van der Waals surface area contributed by atoms with Crippen LogP contribution < -0.4 is 5.32 Å². The molecule has 2 aromatic rings. The zero-order valence-electron chi connectivity index (χ0n) is 20.6. The second kappa shape index (κ2) is 14.1. The van der Waals surface area contributed by atoms with Crippen molar-refractivity contribution in [3.05, 3.63) is 70.8 Å². The highest BCUT2D eigenvalue weighted by molar-refractivity contribution is 9.09. The van der Waals surface area contributed by atoms with E-state index in [1.165, 1.54) is 0 Å². The number of carbonyl (C=O) groups is 2. The van der Waals surface area contributed by atoms with Gasteiger partial charge in [0.2, 0.25) is 0 Å². The summed E-state index contributed by atoms with van der Waals surface area (Å²) in [7, 11) is 0. The molecule has 0 aromatic heterocycles. The molecule has 0 unspecified atom stereocenters. The van der Waals surface area contributed by atoms with Gasteiger partial charge in [-0.2, -0.15) is 26.3 Å². The van der Waals surface area contributed by atoms with Crippen LogP contribution in [0.5, 0.6) is 0 Å². The summed E-state index contributed by atoms with van der Waals surface area (Å²) in [4.78, 5) is 23.0. The highest BCUT2D eigenvalue weighted by atomic mass is 79.9. The Labute approximate surface area is 231 Å². The van der Waals surface area contributed by atoms with Crippen molar-refractivity contribution < 1.29 is 35.9 Å². The molecule has 2 amide bonds. The average Bonchev–Trinajstić information content (AvgIpc) is 3.51. The van der Waals surface area contributed by atoms with E-state index >= 15 is 0 Å². The van der Waals surface area contributed by atoms with Gasteiger partial charge < -0.3 is 10.2 Å². The molecule has 0 aliphatic heterocycles. The quantitative estimate of drug-likeness (QED) is 0.259. The van der Waals surface area contributed by atoms with Crippen LogP contribution in [-0.2, 0) is 22.4 Å². The van der Waals surface area contributed by atoms with E-state index in [-0.39, 0.29) is 6.54 Å². The molecule has 0 saturated heterocycles. The van der Waals surface area contributed by atoms with Crippen LogP contribution in [-0.4, -0.2) is 40.9 Å². The molecule has 2 aromatic carbocycles. The lowest BCUT2D eigenvalue weighted by Gasteiger charge is -2.28. The fraction of sp³-hybridized carbons (Fsp3) is 0.357. The Morgan fingerprint density at radius 1 is 0.872 bits per heavy atom. The highest BCUT2D eigenvalue weighted by Crippen LogP contribution is 2.37. The predicted molar refractivity (Wildman–Crippen MR) is 138 cm³/mol. The van der Waals surface area contributed by atoms with Gasteiger partial charge in [-0.15, -0.1) is 12.8 Å². The lowest BCUT2D eigenvalue weighted by molar-refractivity contribution is -0.187. The third-order valence-electron chi connectivity index (χ3n) is 6.02. The van der Waals surface area contributed by atoms with Gasteiger partial charge in [-0.05, 0) is 47.9 Å². The van der Waals surface area contributed by atoms with E-state index in [9.17, 15) is 35.9 Å². The first kappa shape index (κ1) is 31.8. The minimum atomic E-state index is -4.89. The van der Waals surface area contributed by atoms with Gasteiger partial charge in [0.15, 0.2) is 0 Å². The smallest absolute Gasteiger partial charge is 0.341 e. The maximum Gasteiger partial charge on any atom is 0.471 e. The summed E-state index contributed by atoms with van der Waals surface area (Å²) in [5.74, 6) is 0.746. The summed E-state index contributed by atoms with van der Waals surface area (Å²) in [5.41, 5.74) is 3.54. The van der Waals surface area contributed by atoms with Crippen molar-refractivity contribution in [2.24, 2.45) is 0 Å². The molecular weight excluding hydrogens is 590 g/mol. The van der Waals surface area contributed by atoms with Crippen LogP contribution in [0.1, 0.15) is 47.2 Å². The molecule has 2 atom stereocenters. The molecule has 0 heterocycles. The van der Waals surface area contributed by atoms with Gasteiger partial charge in [0.05, 0.1) is 24.0 Å². The zero-order valence-corrected chi connectivity index (χ0v) is 22.2. The number of aryl methyl sites for hydroxylation is 2. The van der Waals surface area contributed by atoms with E-state index < -0.39 is 36.3 Å². The number of terminal acetylenes is 2. The van der Waals surface area contributed by atoms with Gasteiger partial charge in [0.1, 0.15) is 0 Å². The predicted octanol–water partition coefficient (Wildman–Crippen LogP) is 6.06. The summed E-state index contributed by atoms with van der Waals surface area (Å²) < 4.78 is 74.0. The Bertz CT molecular complexity index is 1230. The van der Waals surface area contributed by atoms with Crippen LogP contribution in [0.25, 0.3) is 0 Å². The number of fused-ring (bicyclic) bond motifs is 2. The lowest BCUT2D eigenvalue weighted by atomic mass is 10.1. The Kier molecular flexibility index (Phi) is 11.5. The van der Waals surface area contributed by atoms with E-state index in [1.54, 1.807) is 24.3 Å². The number of hydrogen-bond donors (Lipinski definition) is 1. The van der Waals surface area contributed by atoms with E-state index in [4.69, 9.17) is 12.8 Å². The Morgan fingerprint density at radius 2 is 1.38 bits per heavy atom. The van der Waals surface area contributed by atoms with Crippen LogP contribution in [0, 0.1) is 24.7 Å². The number of amides is 2. The Balaban J connectivity index is 0.000000243. The number of halogens is 7. The van der Waals surface area contributed by atoms with Gasteiger partial charge in [0.25, 0.3) is 0 Å². The molecule has 4 nitrogen and oxygen atoms in total. The van der Waals surface area contributed by atoms with Crippen LogP contribution in [0.15, 0.2) is 48.5 Å². The molecule has 0 saturated carbocycles. The number of alkyl halides is 7. The first-order chi connectivity index (χ1) is 18.3. The largest absolute Gasteiger partial charge is 0.471 e. The number of nitrogens with one attached hydrogen (secondary N) is 1. The maximum atomic E-state index is 12.6. The Hall–Kier alpha value is -3.44. The third kappa shape index (κ3) is 8.79. The number of rotatable bonds is 3. The zero-order chi connectivity index (χ0) is 29.2. The lowest BCUT2D eigenvalue weighted by Crippen LogP contribution is -2.43. The molecule has 1 N–H and O–H groups in total. The minimum absolute atomic E-state index is 0.336. The fourth-order valence-electron chi connectivity index (χ4n) is 4.39. The molecule has 0 radical (unpaired) electrons. The van der Waals surface area contributed by atoms with Crippen molar-refractivity contribution in [2.75, 3.05) is 11.9 Å². The van der Waals surface area contributed by atoms with Crippen molar-refractivity contribution in [3.8, 4) is 24.7 Å².